The molecule has 3 fully saturated rings. The Morgan fingerprint density at radius 2 is 2.05 bits per heavy atom. The third-order valence-corrected chi connectivity index (χ3v) is 5.43. The van der Waals surface area contributed by atoms with Crippen molar-refractivity contribution in [2.75, 3.05) is 38.6 Å². The SMILES string of the molecule is CN(C)c1noc(CN2CC[C@@H]3[C@@H](CCCN3C3CC3)C2)n1. The van der Waals surface area contributed by atoms with Gasteiger partial charge in [-0.05, 0) is 49.7 Å². The molecule has 1 aliphatic carbocycles. The van der Waals surface area contributed by atoms with E-state index in [4.69, 9.17) is 4.52 Å². The lowest BCUT2D eigenvalue weighted by molar-refractivity contribution is 0.0125. The lowest BCUT2D eigenvalue weighted by atomic mass is 9.83. The van der Waals surface area contributed by atoms with Crippen LogP contribution in [0.1, 0.15) is 38.0 Å². The second-order valence-corrected chi connectivity index (χ2v) is 7.34. The minimum absolute atomic E-state index is 0.669. The highest BCUT2D eigenvalue weighted by Gasteiger charge is 2.42. The van der Waals surface area contributed by atoms with E-state index in [1.807, 2.05) is 19.0 Å². The van der Waals surface area contributed by atoms with Crippen molar-refractivity contribution in [2.45, 2.75) is 50.7 Å². The van der Waals surface area contributed by atoms with Gasteiger partial charge in [0.15, 0.2) is 0 Å². The quantitative estimate of drug-likeness (QED) is 0.842. The topological polar surface area (TPSA) is 48.6 Å². The fourth-order valence-corrected chi connectivity index (χ4v) is 4.20. The summed E-state index contributed by atoms with van der Waals surface area (Å²) in [4.78, 5) is 11.7. The Labute approximate surface area is 132 Å². The van der Waals surface area contributed by atoms with Crippen molar-refractivity contribution in [3.8, 4) is 0 Å². The average molecular weight is 305 g/mol. The Hall–Kier alpha value is -1.14. The fourth-order valence-electron chi connectivity index (χ4n) is 4.20. The first-order valence-corrected chi connectivity index (χ1v) is 8.68. The number of aromatic nitrogens is 2. The molecule has 0 radical (unpaired) electrons. The minimum atomic E-state index is 0.669. The molecule has 3 aliphatic rings. The number of piperidine rings is 2. The van der Waals surface area contributed by atoms with Crippen LogP contribution >= 0.6 is 0 Å². The third kappa shape index (κ3) is 2.86. The predicted octanol–water partition coefficient (Wildman–Crippen LogP) is 1.58. The molecule has 0 unspecified atom stereocenters. The van der Waals surface area contributed by atoms with Gasteiger partial charge in [-0.1, -0.05) is 0 Å². The summed E-state index contributed by atoms with van der Waals surface area (Å²) in [5.74, 6) is 2.25. The van der Waals surface area contributed by atoms with Gasteiger partial charge in [-0.15, -0.1) is 0 Å². The van der Waals surface area contributed by atoms with Crippen molar-refractivity contribution in [1.82, 2.24) is 19.9 Å². The molecule has 2 aliphatic heterocycles. The van der Waals surface area contributed by atoms with Crippen molar-refractivity contribution in [1.29, 1.82) is 0 Å². The zero-order valence-electron chi connectivity index (χ0n) is 13.7. The van der Waals surface area contributed by atoms with Crippen molar-refractivity contribution < 1.29 is 4.52 Å². The first kappa shape index (κ1) is 14.5. The van der Waals surface area contributed by atoms with Gasteiger partial charge in [0.2, 0.25) is 5.89 Å². The van der Waals surface area contributed by atoms with Gasteiger partial charge in [0.1, 0.15) is 0 Å². The molecular formula is C16H27N5O. The number of fused-ring (bicyclic) bond motifs is 1. The summed E-state index contributed by atoms with van der Waals surface area (Å²) in [6, 6.07) is 1.75. The zero-order valence-corrected chi connectivity index (χ0v) is 13.7. The highest BCUT2D eigenvalue weighted by atomic mass is 16.5. The lowest BCUT2D eigenvalue weighted by Crippen LogP contribution is -2.54. The zero-order chi connectivity index (χ0) is 15.1. The number of likely N-dealkylation sites (tertiary alicyclic amines) is 2. The third-order valence-electron chi connectivity index (χ3n) is 5.43. The van der Waals surface area contributed by atoms with E-state index in [-0.39, 0.29) is 0 Å². The maximum atomic E-state index is 5.38. The maximum Gasteiger partial charge on any atom is 0.265 e. The molecule has 122 valence electrons. The van der Waals surface area contributed by atoms with Gasteiger partial charge >= 0.3 is 0 Å². The second kappa shape index (κ2) is 5.81. The van der Waals surface area contributed by atoms with E-state index in [2.05, 4.69) is 19.9 Å². The molecule has 1 aromatic rings. The fraction of sp³-hybridized carbons (Fsp3) is 0.875. The Bertz CT molecular complexity index is 512. The predicted molar refractivity (Wildman–Crippen MR) is 84.8 cm³/mol. The molecule has 6 heteroatoms. The standard InChI is InChI=1S/C16H27N5O/c1-19(2)16-17-15(22-18-16)11-20-9-7-14-12(10-20)4-3-8-21(14)13-5-6-13/h12-14H,3-11H2,1-2H3/t12-,14+/m0/s1. The van der Waals surface area contributed by atoms with E-state index in [0.717, 1.165) is 37.0 Å². The van der Waals surface area contributed by atoms with Crippen molar-refractivity contribution in [3.05, 3.63) is 5.89 Å². The average Bonchev–Trinajstić information content (AvgIpc) is 3.25. The molecule has 2 atom stereocenters. The van der Waals surface area contributed by atoms with Crippen LogP contribution in [0.15, 0.2) is 4.52 Å². The van der Waals surface area contributed by atoms with Gasteiger partial charge in [-0.3, -0.25) is 9.80 Å². The van der Waals surface area contributed by atoms with E-state index in [1.165, 1.54) is 45.2 Å². The van der Waals surface area contributed by atoms with Crippen molar-refractivity contribution in [3.63, 3.8) is 0 Å². The molecule has 6 nitrogen and oxygen atoms in total. The van der Waals surface area contributed by atoms with Crippen LogP contribution < -0.4 is 4.90 Å². The van der Waals surface area contributed by atoms with Gasteiger partial charge in [-0.2, -0.15) is 4.98 Å². The largest absolute Gasteiger partial charge is 0.344 e. The number of rotatable bonds is 4. The number of anilines is 1. The molecule has 3 heterocycles. The molecule has 0 N–H and O–H groups in total. The summed E-state index contributed by atoms with van der Waals surface area (Å²) < 4.78 is 5.38. The van der Waals surface area contributed by atoms with Gasteiger partial charge < -0.3 is 9.42 Å². The molecule has 0 aromatic carbocycles. The van der Waals surface area contributed by atoms with Crippen LogP contribution in [0.5, 0.6) is 0 Å². The number of hydrogen-bond donors (Lipinski definition) is 0. The number of hydrogen-bond acceptors (Lipinski definition) is 6. The van der Waals surface area contributed by atoms with Crippen LogP contribution in [-0.2, 0) is 6.54 Å². The van der Waals surface area contributed by atoms with E-state index in [0.29, 0.717) is 5.95 Å². The molecule has 1 aromatic heterocycles. The lowest BCUT2D eigenvalue weighted by Gasteiger charge is -2.47. The van der Waals surface area contributed by atoms with Crippen LogP contribution in [0.3, 0.4) is 0 Å². The van der Waals surface area contributed by atoms with Gasteiger partial charge in [0, 0.05) is 39.3 Å². The van der Waals surface area contributed by atoms with Crippen LogP contribution in [-0.4, -0.2) is 65.8 Å². The summed E-state index contributed by atoms with van der Waals surface area (Å²) in [7, 11) is 3.88. The highest BCUT2D eigenvalue weighted by Crippen LogP contribution is 2.38. The molecule has 0 spiro atoms. The van der Waals surface area contributed by atoms with Crippen LogP contribution in [0, 0.1) is 5.92 Å². The molecule has 4 rings (SSSR count). The molecular weight excluding hydrogens is 278 g/mol. The number of nitrogens with zero attached hydrogens (tertiary/aromatic N) is 5. The first-order valence-electron chi connectivity index (χ1n) is 8.68. The van der Waals surface area contributed by atoms with Gasteiger partial charge in [0.25, 0.3) is 5.95 Å². The summed E-state index contributed by atoms with van der Waals surface area (Å²) in [5, 5.41) is 4.01. The Morgan fingerprint density at radius 3 is 2.77 bits per heavy atom. The minimum Gasteiger partial charge on any atom is -0.344 e. The Balaban J connectivity index is 1.37. The van der Waals surface area contributed by atoms with Crippen LogP contribution in [0.25, 0.3) is 0 Å². The molecule has 0 amide bonds. The van der Waals surface area contributed by atoms with Gasteiger partial charge in [-0.25, -0.2) is 0 Å². The van der Waals surface area contributed by atoms with Crippen LogP contribution in [0.2, 0.25) is 0 Å². The first-order chi connectivity index (χ1) is 10.7. The van der Waals surface area contributed by atoms with E-state index >= 15 is 0 Å². The molecule has 22 heavy (non-hydrogen) atoms. The van der Waals surface area contributed by atoms with E-state index < -0.39 is 0 Å². The smallest absolute Gasteiger partial charge is 0.265 e. The Kier molecular flexibility index (Phi) is 3.82. The van der Waals surface area contributed by atoms with E-state index in [9.17, 15) is 0 Å². The molecule has 1 saturated carbocycles. The summed E-state index contributed by atoms with van der Waals surface area (Å²) in [6.07, 6.45) is 6.92. The second-order valence-electron chi connectivity index (χ2n) is 7.34. The van der Waals surface area contributed by atoms with Gasteiger partial charge in [0.05, 0.1) is 6.54 Å². The Morgan fingerprint density at radius 1 is 1.18 bits per heavy atom. The summed E-state index contributed by atoms with van der Waals surface area (Å²) in [6.45, 7) is 4.48. The molecule has 0 bridgehead atoms. The van der Waals surface area contributed by atoms with Crippen molar-refractivity contribution >= 4 is 5.95 Å². The molecule has 2 saturated heterocycles. The summed E-state index contributed by atoms with van der Waals surface area (Å²) in [5.41, 5.74) is 0. The van der Waals surface area contributed by atoms with Crippen molar-refractivity contribution in [2.24, 2.45) is 5.92 Å². The highest BCUT2D eigenvalue weighted by molar-refractivity contribution is 5.23. The monoisotopic (exact) mass is 305 g/mol. The van der Waals surface area contributed by atoms with Crippen LogP contribution in [0.4, 0.5) is 5.95 Å². The normalized spacial score (nSPS) is 30.3. The van der Waals surface area contributed by atoms with E-state index in [1.54, 1.807) is 0 Å². The maximum absolute atomic E-state index is 5.38. The summed E-state index contributed by atoms with van der Waals surface area (Å²) >= 11 is 0.